The van der Waals surface area contributed by atoms with Gasteiger partial charge < -0.3 is 70.1 Å². The van der Waals surface area contributed by atoms with Gasteiger partial charge in [0.25, 0.3) is 0 Å². The van der Waals surface area contributed by atoms with Crippen LogP contribution >= 0.6 is 31.3 Å². The molecule has 0 saturated heterocycles. The molecule has 0 aromatic heterocycles. The molecule has 0 radical (unpaired) electrons. The van der Waals surface area contributed by atoms with Crippen LogP contribution < -0.4 is 0 Å². The van der Waals surface area contributed by atoms with Crippen LogP contribution in [0, 0.1) is 0 Å². The molecular weight excluding hydrogens is 477 g/mol. The average Bonchev–Trinajstić information content (AvgIpc) is 1.62. The minimum absolute atomic E-state index is 0. The van der Waals surface area contributed by atoms with Gasteiger partial charge in [0.2, 0.25) is 0 Å². The molecule has 0 bridgehead atoms. The molecule has 16 nitrogen and oxygen atoms in total. The standard InChI is InChI=1S/4Mg.4H3O4P.8H/c;;;;4*1-5(2,3)4;;;;;;;;/h;;;;4*(H3,1,2,3,4);;;;;;;;/q4*+2;;;;;8*-1. The topological polar surface area (TPSA) is 311 Å². The van der Waals surface area contributed by atoms with Gasteiger partial charge in [-0.05, 0) is 0 Å². The van der Waals surface area contributed by atoms with Gasteiger partial charge in [0.05, 0.1) is 0 Å². The van der Waals surface area contributed by atoms with Crippen molar-refractivity contribution >= 4 is 124 Å². The summed E-state index contributed by atoms with van der Waals surface area (Å²) >= 11 is 0. The summed E-state index contributed by atoms with van der Waals surface area (Å²) in [6.45, 7) is 0. The van der Waals surface area contributed by atoms with Crippen molar-refractivity contribution in [2.24, 2.45) is 0 Å². The molecule has 0 aromatic rings. The summed E-state index contributed by atoms with van der Waals surface area (Å²) in [6.07, 6.45) is 0. The van der Waals surface area contributed by atoms with E-state index in [4.69, 9.17) is 77.0 Å². The predicted molar refractivity (Wildman–Crippen MR) is 89.0 cm³/mol. The molecule has 0 rings (SSSR count). The SMILES string of the molecule is O=P(O)(O)O.O=P(O)(O)O.O=P(O)(O)O.O=P(O)(O)O.[H-].[H-].[H-].[H-].[H-].[H-].[H-].[H-].[Mg+2].[Mg+2].[Mg+2].[Mg+2]. The quantitative estimate of drug-likeness (QED) is 0.111. The molecule has 0 unspecified atom stereocenters. The molecule has 12 N–H and O–H groups in total. The summed E-state index contributed by atoms with van der Waals surface area (Å²) in [6, 6.07) is 0. The largest absolute Gasteiger partial charge is 2.00 e. The molecule has 0 heterocycles. The Morgan fingerprint density at radius 1 is 0.333 bits per heavy atom. The maximum absolute atomic E-state index is 8.88. The minimum Gasteiger partial charge on any atom is -1.00 e. The molecule has 0 amide bonds. The number of phosphoric acid groups is 4. The van der Waals surface area contributed by atoms with Crippen LogP contribution in [0.4, 0.5) is 0 Å². The molecule has 24 heavy (non-hydrogen) atoms. The van der Waals surface area contributed by atoms with Crippen molar-refractivity contribution in [3.8, 4) is 0 Å². The van der Waals surface area contributed by atoms with Gasteiger partial charge in [-0.15, -0.1) is 0 Å². The van der Waals surface area contributed by atoms with Crippen LogP contribution in [0.3, 0.4) is 0 Å². The Bertz CT molecular complexity index is 321. The van der Waals surface area contributed by atoms with E-state index in [-0.39, 0.29) is 104 Å². The van der Waals surface area contributed by atoms with Gasteiger partial charge >= 0.3 is 124 Å². The van der Waals surface area contributed by atoms with Gasteiger partial charge in [0, 0.05) is 0 Å². The first-order valence-electron chi connectivity index (χ1n) is 3.13. The van der Waals surface area contributed by atoms with E-state index in [9.17, 15) is 0 Å². The van der Waals surface area contributed by atoms with Crippen LogP contribution in [0.2, 0.25) is 0 Å². The monoisotopic (exact) mass is 496 g/mol. The Labute approximate surface area is 210 Å². The minimum atomic E-state index is -4.64. The molecule has 0 fully saturated rings. The number of hydrogen-bond donors (Lipinski definition) is 12. The van der Waals surface area contributed by atoms with E-state index in [1.807, 2.05) is 0 Å². The molecule has 0 saturated carbocycles. The summed E-state index contributed by atoms with van der Waals surface area (Å²) < 4.78 is 35.5. The first kappa shape index (κ1) is 50.8. The average molecular weight is 497 g/mol. The van der Waals surface area contributed by atoms with Crippen LogP contribution in [0.5, 0.6) is 0 Å². The summed E-state index contributed by atoms with van der Waals surface area (Å²) in [5.74, 6) is 0. The Kier molecular flexibility index (Phi) is 48.2. The van der Waals surface area contributed by atoms with Crippen molar-refractivity contribution < 1.29 is 88.4 Å². The van der Waals surface area contributed by atoms with Gasteiger partial charge in [0.15, 0.2) is 0 Å². The first-order chi connectivity index (χ1) is 8.00. The summed E-state index contributed by atoms with van der Waals surface area (Å²) in [7, 11) is -18.6. The van der Waals surface area contributed by atoms with Crippen molar-refractivity contribution in [2.45, 2.75) is 0 Å². The molecular formula is H20Mg4O16P4. The summed E-state index contributed by atoms with van der Waals surface area (Å²) in [5, 5.41) is 0. The second-order valence-electron chi connectivity index (χ2n) is 2.05. The Morgan fingerprint density at radius 3 is 0.333 bits per heavy atom. The fraction of sp³-hybridized carbons (Fsp3) is 0. The molecule has 0 aliphatic heterocycles. The summed E-state index contributed by atoms with van der Waals surface area (Å²) in [4.78, 5) is 86.2. The van der Waals surface area contributed by atoms with Crippen molar-refractivity contribution in [2.75, 3.05) is 0 Å². The maximum Gasteiger partial charge on any atom is 2.00 e. The number of hydrogen-bond acceptors (Lipinski definition) is 4. The molecule has 24 heteroatoms. The zero-order chi connectivity index (χ0) is 18.0. The smallest absolute Gasteiger partial charge is 1.00 e. The second kappa shape index (κ2) is 22.8. The molecule has 0 aliphatic rings. The van der Waals surface area contributed by atoms with Gasteiger partial charge in [-0.3, -0.25) is 0 Å². The van der Waals surface area contributed by atoms with E-state index < -0.39 is 31.3 Å². The fourth-order valence-electron chi connectivity index (χ4n) is 0. The normalized spacial score (nSPS) is 9.83. The van der Waals surface area contributed by atoms with Gasteiger partial charge in [0.1, 0.15) is 0 Å². The van der Waals surface area contributed by atoms with Crippen LogP contribution in [0.1, 0.15) is 11.4 Å². The van der Waals surface area contributed by atoms with E-state index in [1.54, 1.807) is 0 Å². The Morgan fingerprint density at radius 2 is 0.333 bits per heavy atom. The molecule has 0 aliphatic carbocycles. The third-order valence-electron chi connectivity index (χ3n) is 0. The summed E-state index contributed by atoms with van der Waals surface area (Å²) in [5.41, 5.74) is 0. The van der Waals surface area contributed by atoms with E-state index >= 15 is 0 Å². The van der Waals surface area contributed by atoms with Crippen LogP contribution in [0.15, 0.2) is 0 Å². The van der Waals surface area contributed by atoms with Gasteiger partial charge in [-0.2, -0.15) is 0 Å². The zero-order valence-electron chi connectivity index (χ0n) is 19.6. The second-order valence-corrected chi connectivity index (χ2v) is 6.16. The first-order valence-corrected chi connectivity index (χ1v) is 9.39. The molecule has 0 spiro atoms. The van der Waals surface area contributed by atoms with Crippen LogP contribution in [0.25, 0.3) is 0 Å². The molecule has 144 valence electrons. The molecule has 0 aromatic carbocycles. The number of rotatable bonds is 0. The van der Waals surface area contributed by atoms with E-state index in [0.29, 0.717) is 0 Å². The zero-order valence-corrected chi connectivity index (χ0v) is 20.9. The van der Waals surface area contributed by atoms with Crippen LogP contribution in [-0.4, -0.2) is 151 Å². The Balaban J connectivity index is -0.00000000677. The van der Waals surface area contributed by atoms with E-state index in [1.165, 1.54) is 0 Å². The van der Waals surface area contributed by atoms with Gasteiger partial charge in [-0.1, -0.05) is 0 Å². The van der Waals surface area contributed by atoms with Gasteiger partial charge in [-0.25, -0.2) is 18.3 Å². The van der Waals surface area contributed by atoms with E-state index in [2.05, 4.69) is 0 Å². The predicted octanol–water partition coefficient (Wildman–Crippen LogP) is -4.34. The van der Waals surface area contributed by atoms with Crippen molar-refractivity contribution in [3.63, 3.8) is 0 Å². The van der Waals surface area contributed by atoms with Crippen molar-refractivity contribution in [3.05, 3.63) is 0 Å². The fourth-order valence-corrected chi connectivity index (χ4v) is 0. The Hall–Kier alpha value is 3.50. The van der Waals surface area contributed by atoms with Crippen molar-refractivity contribution in [1.29, 1.82) is 0 Å². The third kappa shape index (κ3) is 1250. The molecule has 0 atom stereocenters. The van der Waals surface area contributed by atoms with Crippen LogP contribution in [-0.2, 0) is 18.3 Å². The van der Waals surface area contributed by atoms with E-state index in [0.717, 1.165) is 0 Å². The third-order valence-corrected chi connectivity index (χ3v) is 0. The maximum atomic E-state index is 8.88. The van der Waals surface area contributed by atoms with Crippen molar-refractivity contribution in [1.82, 2.24) is 0 Å².